The smallest absolute Gasteiger partial charge is 0.413 e. The van der Waals surface area contributed by atoms with Crippen LogP contribution in [0.4, 0.5) is 9.18 Å². The molecule has 7 nitrogen and oxygen atoms in total. The molecule has 0 radical (unpaired) electrons. The molecule has 0 aliphatic carbocycles. The number of rotatable bonds is 5. The van der Waals surface area contributed by atoms with E-state index in [-0.39, 0.29) is 29.9 Å². The fourth-order valence-electron chi connectivity index (χ4n) is 4.88. The van der Waals surface area contributed by atoms with Crippen LogP contribution in [0.2, 0.25) is 0 Å². The Morgan fingerprint density at radius 2 is 1.82 bits per heavy atom. The lowest BCUT2D eigenvalue weighted by Gasteiger charge is -2.46. The summed E-state index contributed by atoms with van der Waals surface area (Å²) in [5.41, 5.74) is 0.874. The molecule has 2 aliphatic rings. The molecule has 9 heteroatoms. The summed E-state index contributed by atoms with van der Waals surface area (Å²) in [6, 6.07) is 15.9. The molecule has 180 valence electrons. The van der Waals surface area contributed by atoms with Crippen LogP contribution in [0.3, 0.4) is 0 Å². The van der Waals surface area contributed by atoms with E-state index in [0.717, 1.165) is 10.5 Å². The molecule has 2 heterocycles. The number of carboxylic acid groups (broad SMARTS) is 1. The molecule has 0 bridgehead atoms. The lowest BCUT2D eigenvalue weighted by molar-refractivity contribution is -0.134. The van der Waals surface area contributed by atoms with E-state index in [9.17, 15) is 19.1 Å². The van der Waals surface area contributed by atoms with E-state index in [2.05, 4.69) is 5.32 Å². The first-order valence-corrected chi connectivity index (χ1v) is 11.9. The number of carbonyl (C=O) groups excluding carboxylic acids is 1. The van der Waals surface area contributed by atoms with Gasteiger partial charge in [0.25, 0.3) is 0 Å². The fraction of sp³-hybridized carbons (Fsp3) is 0.400. The molecular weight excluding hydrogens is 455 g/mol. The van der Waals surface area contributed by atoms with Crippen LogP contribution in [-0.2, 0) is 17.8 Å². The van der Waals surface area contributed by atoms with Gasteiger partial charge in [0.2, 0.25) is 5.91 Å². The summed E-state index contributed by atoms with van der Waals surface area (Å²) >= 11 is 5.44. The molecule has 0 saturated carbocycles. The van der Waals surface area contributed by atoms with Gasteiger partial charge in [-0.3, -0.25) is 15.0 Å². The van der Waals surface area contributed by atoms with Crippen molar-refractivity contribution in [1.29, 1.82) is 0 Å². The van der Waals surface area contributed by atoms with Crippen molar-refractivity contribution in [3.8, 4) is 0 Å². The van der Waals surface area contributed by atoms with Crippen molar-refractivity contribution < 1.29 is 19.1 Å². The average Bonchev–Trinajstić information content (AvgIpc) is 3.07. The molecule has 2 aromatic carbocycles. The second kappa shape index (κ2) is 10.1. The van der Waals surface area contributed by atoms with Gasteiger partial charge in [-0.25, -0.2) is 9.18 Å². The van der Waals surface area contributed by atoms with Crippen LogP contribution in [-0.4, -0.2) is 68.3 Å². The number of benzene rings is 2. The second-order valence-corrected chi connectivity index (χ2v) is 9.10. The molecule has 2 saturated heterocycles. The summed E-state index contributed by atoms with van der Waals surface area (Å²) in [6.45, 7) is 3.17. The lowest BCUT2D eigenvalue weighted by Crippen LogP contribution is -2.60. The van der Waals surface area contributed by atoms with Crippen molar-refractivity contribution >= 4 is 29.3 Å². The van der Waals surface area contributed by atoms with Crippen molar-refractivity contribution in [3.63, 3.8) is 0 Å². The standard InChI is InChI=1S/C25H29FN4O3S/c1-2-29(24(32)33)23(34)28-14-12-25(13-15-28)27-21(16-18-8-4-3-5-9-18)22(31)30(25)17-19-10-6-7-11-20(19)26/h3-11,21,27H,2,12-17H2,1H3,(H,32,33). The van der Waals surface area contributed by atoms with Gasteiger partial charge in [0.1, 0.15) is 5.82 Å². The molecule has 1 unspecified atom stereocenters. The minimum atomic E-state index is -1.08. The van der Waals surface area contributed by atoms with E-state index in [1.54, 1.807) is 30.0 Å². The van der Waals surface area contributed by atoms with Crippen LogP contribution >= 0.6 is 12.2 Å². The molecule has 34 heavy (non-hydrogen) atoms. The highest BCUT2D eigenvalue weighted by Crippen LogP contribution is 2.35. The molecule has 2 N–H and O–H groups in total. The van der Waals surface area contributed by atoms with E-state index in [4.69, 9.17) is 12.2 Å². The fourth-order valence-corrected chi connectivity index (χ4v) is 5.27. The highest BCUT2D eigenvalue weighted by atomic mass is 32.1. The third kappa shape index (κ3) is 4.76. The van der Waals surface area contributed by atoms with Gasteiger partial charge in [0.05, 0.1) is 18.2 Å². The molecule has 2 aliphatic heterocycles. The third-order valence-corrected chi connectivity index (χ3v) is 7.21. The minimum absolute atomic E-state index is 0.0520. The maximum Gasteiger partial charge on any atom is 0.413 e. The normalized spacial score (nSPS) is 19.5. The third-order valence-electron chi connectivity index (χ3n) is 6.73. The Bertz CT molecular complexity index is 1060. The van der Waals surface area contributed by atoms with E-state index >= 15 is 0 Å². The molecule has 1 spiro atoms. The van der Waals surface area contributed by atoms with Crippen LogP contribution in [0.5, 0.6) is 0 Å². The molecule has 4 rings (SSSR count). The number of likely N-dealkylation sites (tertiary alicyclic amines) is 1. The zero-order valence-corrected chi connectivity index (χ0v) is 19.9. The summed E-state index contributed by atoms with van der Waals surface area (Å²) < 4.78 is 14.5. The first-order chi connectivity index (χ1) is 16.3. The number of nitrogens with zero attached hydrogens (tertiary/aromatic N) is 3. The van der Waals surface area contributed by atoms with Gasteiger partial charge in [0.15, 0.2) is 5.11 Å². The first-order valence-electron chi connectivity index (χ1n) is 11.5. The number of nitrogens with one attached hydrogen (secondary N) is 1. The van der Waals surface area contributed by atoms with Crippen molar-refractivity contribution in [2.75, 3.05) is 19.6 Å². The summed E-state index contributed by atoms with van der Waals surface area (Å²) in [4.78, 5) is 29.9. The average molecular weight is 485 g/mol. The summed E-state index contributed by atoms with van der Waals surface area (Å²) in [6.07, 6.45) is 0.567. The molecule has 2 amide bonds. The van der Waals surface area contributed by atoms with Crippen LogP contribution in [0.25, 0.3) is 0 Å². The Balaban J connectivity index is 1.56. The van der Waals surface area contributed by atoms with Crippen LogP contribution in [0.15, 0.2) is 54.6 Å². The van der Waals surface area contributed by atoms with E-state index in [0.29, 0.717) is 37.9 Å². The highest BCUT2D eigenvalue weighted by Gasteiger charge is 2.51. The van der Waals surface area contributed by atoms with Crippen molar-refractivity contribution in [3.05, 3.63) is 71.5 Å². The second-order valence-electron chi connectivity index (χ2n) is 8.73. The Kier molecular flexibility index (Phi) is 7.13. The molecule has 0 aromatic heterocycles. The maximum atomic E-state index is 14.5. The quantitative estimate of drug-likeness (QED) is 0.634. The number of amides is 2. The number of hydrogen-bond donors (Lipinski definition) is 2. The van der Waals surface area contributed by atoms with E-state index in [1.807, 2.05) is 35.2 Å². The number of halogens is 1. The SMILES string of the molecule is CCN(C(=O)O)C(=S)N1CCC2(CC1)NC(Cc1ccccc1)C(=O)N2Cc1ccccc1F. The van der Waals surface area contributed by atoms with Gasteiger partial charge >= 0.3 is 6.09 Å². The zero-order chi connectivity index (χ0) is 24.3. The van der Waals surface area contributed by atoms with Crippen molar-refractivity contribution in [2.24, 2.45) is 0 Å². The molecule has 2 fully saturated rings. The summed E-state index contributed by atoms with van der Waals surface area (Å²) in [5, 5.41) is 13.3. The van der Waals surface area contributed by atoms with Crippen LogP contribution < -0.4 is 5.32 Å². The Labute approximate surface area is 204 Å². The Morgan fingerprint density at radius 3 is 2.44 bits per heavy atom. The molecule has 1 atom stereocenters. The number of carbonyl (C=O) groups is 2. The number of hydrogen-bond acceptors (Lipinski definition) is 4. The predicted octanol–water partition coefficient (Wildman–Crippen LogP) is 3.45. The topological polar surface area (TPSA) is 76.1 Å². The van der Waals surface area contributed by atoms with Gasteiger partial charge in [-0.05, 0) is 37.2 Å². The highest BCUT2D eigenvalue weighted by molar-refractivity contribution is 7.80. The van der Waals surface area contributed by atoms with E-state index in [1.165, 1.54) is 6.07 Å². The van der Waals surface area contributed by atoms with Gasteiger partial charge in [-0.15, -0.1) is 0 Å². The number of piperidine rings is 1. The lowest BCUT2D eigenvalue weighted by atomic mass is 9.95. The Hall–Kier alpha value is -3.04. The van der Waals surface area contributed by atoms with Gasteiger partial charge in [0, 0.05) is 38.0 Å². The molecular formula is C25H29FN4O3S. The van der Waals surface area contributed by atoms with Crippen LogP contribution in [0.1, 0.15) is 30.9 Å². The maximum absolute atomic E-state index is 14.5. The Morgan fingerprint density at radius 1 is 1.18 bits per heavy atom. The van der Waals surface area contributed by atoms with Gasteiger partial charge in [-0.1, -0.05) is 48.5 Å². The zero-order valence-electron chi connectivity index (χ0n) is 19.1. The van der Waals surface area contributed by atoms with Crippen molar-refractivity contribution in [2.45, 2.75) is 44.4 Å². The largest absolute Gasteiger partial charge is 0.465 e. The first kappa shape index (κ1) is 24.1. The van der Waals surface area contributed by atoms with Crippen LogP contribution in [0, 0.1) is 5.82 Å². The van der Waals surface area contributed by atoms with Gasteiger partial charge < -0.3 is 14.9 Å². The summed E-state index contributed by atoms with van der Waals surface area (Å²) in [7, 11) is 0. The predicted molar refractivity (Wildman–Crippen MR) is 131 cm³/mol. The number of thiocarbonyl (C=S) groups is 1. The monoisotopic (exact) mass is 484 g/mol. The van der Waals surface area contributed by atoms with E-state index < -0.39 is 17.8 Å². The minimum Gasteiger partial charge on any atom is -0.465 e. The van der Waals surface area contributed by atoms with Gasteiger partial charge in [-0.2, -0.15) is 0 Å². The molecule has 2 aromatic rings. The summed E-state index contributed by atoms with van der Waals surface area (Å²) in [5.74, 6) is -0.389. The van der Waals surface area contributed by atoms with Crippen molar-refractivity contribution in [1.82, 2.24) is 20.0 Å².